The monoisotopic (exact) mass is 227 g/mol. The average molecular weight is 227 g/mol. The molecule has 0 bridgehead atoms. The van der Waals surface area contributed by atoms with E-state index in [4.69, 9.17) is 0 Å². The lowest BCUT2D eigenvalue weighted by Gasteiger charge is -2.06. The van der Waals surface area contributed by atoms with E-state index in [1.807, 2.05) is 18.4 Å². The minimum atomic E-state index is 1.22. The average Bonchev–Trinajstić information content (AvgIpc) is 2.68. The Kier molecular flexibility index (Phi) is 2.11. The largest absolute Gasteiger partial charge is 0.388 e. The van der Waals surface area contributed by atoms with Gasteiger partial charge in [-0.2, -0.15) is 0 Å². The molecule has 16 heavy (non-hydrogen) atoms. The van der Waals surface area contributed by atoms with E-state index in [1.54, 1.807) is 0 Å². The quantitative estimate of drug-likeness (QED) is 0.649. The molecule has 1 nitrogen and oxygen atoms in total. The lowest BCUT2D eigenvalue weighted by molar-refractivity contribution is 1.45. The number of benzene rings is 2. The molecule has 0 aliphatic heterocycles. The van der Waals surface area contributed by atoms with E-state index in [9.17, 15) is 0 Å². The van der Waals surface area contributed by atoms with Gasteiger partial charge in [0.05, 0.1) is 0 Å². The van der Waals surface area contributed by atoms with Gasteiger partial charge in [-0.15, -0.1) is 11.3 Å². The lowest BCUT2D eigenvalue weighted by Crippen LogP contribution is -1.90. The Morgan fingerprint density at radius 1 is 1.00 bits per heavy atom. The third-order valence-electron chi connectivity index (χ3n) is 3.07. The van der Waals surface area contributed by atoms with E-state index in [0.29, 0.717) is 0 Å². The first kappa shape index (κ1) is 9.67. The van der Waals surface area contributed by atoms with Crippen LogP contribution >= 0.6 is 11.3 Å². The summed E-state index contributed by atoms with van der Waals surface area (Å²) in [5.41, 5.74) is 2.56. The molecule has 1 N–H and O–H groups in total. The number of aryl methyl sites for hydroxylation is 1. The van der Waals surface area contributed by atoms with Crippen LogP contribution in [-0.4, -0.2) is 7.05 Å². The molecule has 1 heterocycles. The van der Waals surface area contributed by atoms with Gasteiger partial charge in [0.15, 0.2) is 0 Å². The van der Waals surface area contributed by atoms with Crippen LogP contribution in [0.25, 0.3) is 20.2 Å². The summed E-state index contributed by atoms with van der Waals surface area (Å²) in [5.74, 6) is 0. The van der Waals surface area contributed by atoms with E-state index in [-0.39, 0.29) is 0 Å². The first-order valence-corrected chi connectivity index (χ1v) is 6.21. The second-order valence-electron chi connectivity index (χ2n) is 3.96. The molecule has 3 aromatic rings. The fourth-order valence-corrected chi connectivity index (χ4v) is 3.42. The summed E-state index contributed by atoms with van der Waals surface area (Å²) in [5, 5.41) is 6.01. The van der Waals surface area contributed by atoms with Crippen molar-refractivity contribution in [1.82, 2.24) is 0 Å². The maximum absolute atomic E-state index is 3.25. The number of fused-ring (bicyclic) bond motifs is 3. The predicted octanol–water partition coefficient (Wildman–Crippen LogP) is 4.40. The van der Waals surface area contributed by atoms with Gasteiger partial charge in [-0.05, 0) is 30.7 Å². The van der Waals surface area contributed by atoms with E-state index >= 15 is 0 Å². The molecule has 1 aromatic heterocycles. The second-order valence-corrected chi connectivity index (χ2v) is 5.04. The number of hydrogen-bond donors (Lipinski definition) is 1. The van der Waals surface area contributed by atoms with Crippen molar-refractivity contribution in [3.05, 3.63) is 42.0 Å². The number of hydrogen-bond acceptors (Lipinski definition) is 2. The standard InChI is InChI=1S/C14H13NS/c1-9-11(15-2)7-8-13-14(9)10-5-3-4-6-12(10)16-13/h3-8,15H,1-2H3. The van der Waals surface area contributed by atoms with Crippen LogP contribution in [0.2, 0.25) is 0 Å². The smallest absolute Gasteiger partial charge is 0.0374 e. The van der Waals surface area contributed by atoms with Gasteiger partial charge in [0.2, 0.25) is 0 Å². The van der Waals surface area contributed by atoms with Crippen LogP contribution in [0.1, 0.15) is 5.56 Å². The Balaban J connectivity index is 2.53. The molecule has 80 valence electrons. The van der Waals surface area contributed by atoms with Gasteiger partial charge >= 0.3 is 0 Å². The van der Waals surface area contributed by atoms with Gasteiger partial charge in [-0.25, -0.2) is 0 Å². The van der Waals surface area contributed by atoms with Gasteiger partial charge in [-0.1, -0.05) is 18.2 Å². The van der Waals surface area contributed by atoms with Crippen LogP contribution in [0.15, 0.2) is 36.4 Å². The van der Waals surface area contributed by atoms with Crippen LogP contribution in [0.4, 0.5) is 5.69 Å². The molecular formula is C14H13NS. The van der Waals surface area contributed by atoms with Gasteiger partial charge in [-0.3, -0.25) is 0 Å². The molecule has 0 aliphatic carbocycles. The Morgan fingerprint density at radius 2 is 1.81 bits per heavy atom. The zero-order valence-corrected chi connectivity index (χ0v) is 10.2. The first-order chi connectivity index (χ1) is 7.81. The molecule has 0 aliphatic rings. The van der Waals surface area contributed by atoms with Crippen LogP contribution in [0.3, 0.4) is 0 Å². The van der Waals surface area contributed by atoms with Gasteiger partial charge in [0.25, 0.3) is 0 Å². The van der Waals surface area contributed by atoms with E-state index in [2.05, 4.69) is 48.6 Å². The van der Waals surface area contributed by atoms with E-state index < -0.39 is 0 Å². The number of rotatable bonds is 1. The highest BCUT2D eigenvalue weighted by Crippen LogP contribution is 2.37. The summed E-state index contributed by atoms with van der Waals surface area (Å²) in [6, 6.07) is 13.0. The normalized spacial score (nSPS) is 11.1. The Labute approximate surface area is 98.7 Å². The number of anilines is 1. The topological polar surface area (TPSA) is 12.0 Å². The fourth-order valence-electron chi connectivity index (χ4n) is 2.26. The molecule has 2 heteroatoms. The molecule has 2 aromatic carbocycles. The zero-order chi connectivity index (χ0) is 11.1. The van der Waals surface area contributed by atoms with Crippen molar-refractivity contribution in [2.45, 2.75) is 6.92 Å². The van der Waals surface area contributed by atoms with Crippen molar-refractivity contribution in [3.63, 3.8) is 0 Å². The Hall–Kier alpha value is -1.54. The van der Waals surface area contributed by atoms with Crippen molar-refractivity contribution in [3.8, 4) is 0 Å². The molecule has 0 unspecified atom stereocenters. The molecule has 3 rings (SSSR count). The van der Waals surface area contributed by atoms with Crippen LogP contribution < -0.4 is 5.32 Å². The summed E-state index contributed by atoms with van der Waals surface area (Å²) >= 11 is 1.87. The summed E-state index contributed by atoms with van der Waals surface area (Å²) in [7, 11) is 1.97. The molecule has 0 saturated heterocycles. The van der Waals surface area contributed by atoms with Crippen molar-refractivity contribution in [1.29, 1.82) is 0 Å². The Bertz CT molecular complexity index is 667. The van der Waals surface area contributed by atoms with E-state index in [0.717, 1.165) is 0 Å². The zero-order valence-electron chi connectivity index (χ0n) is 9.37. The van der Waals surface area contributed by atoms with Gasteiger partial charge in [0, 0.05) is 32.9 Å². The molecule has 0 spiro atoms. The molecule has 0 fully saturated rings. The highest BCUT2D eigenvalue weighted by molar-refractivity contribution is 7.25. The molecule has 0 radical (unpaired) electrons. The van der Waals surface area contributed by atoms with Crippen molar-refractivity contribution in [2.75, 3.05) is 12.4 Å². The van der Waals surface area contributed by atoms with Gasteiger partial charge < -0.3 is 5.32 Å². The number of nitrogens with one attached hydrogen (secondary N) is 1. The van der Waals surface area contributed by atoms with Crippen LogP contribution in [-0.2, 0) is 0 Å². The summed E-state index contributed by atoms with van der Waals surface area (Å²) in [4.78, 5) is 0. The van der Waals surface area contributed by atoms with E-state index in [1.165, 1.54) is 31.4 Å². The van der Waals surface area contributed by atoms with Crippen molar-refractivity contribution in [2.24, 2.45) is 0 Å². The summed E-state index contributed by atoms with van der Waals surface area (Å²) < 4.78 is 2.74. The molecule has 0 saturated carbocycles. The maximum atomic E-state index is 3.25. The van der Waals surface area contributed by atoms with Crippen LogP contribution in [0.5, 0.6) is 0 Å². The SMILES string of the molecule is CNc1ccc2sc3ccccc3c2c1C. The summed E-state index contributed by atoms with van der Waals surface area (Å²) in [6.45, 7) is 2.19. The Morgan fingerprint density at radius 3 is 2.62 bits per heavy atom. The van der Waals surface area contributed by atoms with Crippen LogP contribution in [0, 0.1) is 6.92 Å². The fraction of sp³-hybridized carbons (Fsp3) is 0.143. The highest BCUT2D eigenvalue weighted by Gasteiger charge is 2.08. The molecular weight excluding hydrogens is 214 g/mol. The lowest BCUT2D eigenvalue weighted by atomic mass is 10.1. The molecule has 0 atom stereocenters. The minimum absolute atomic E-state index is 1.22. The number of thiophene rings is 1. The first-order valence-electron chi connectivity index (χ1n) is 5.40. The second kappa shape index (κ2) is 3.49. The molecule has 0 amide bonds. The highest BCUT2D eigenvalue weighted by atomic mass is 32.1. The van der Waals surface area contributed by atoms with Gasteiger partial charge in [0.1, 0.15) is 0 Å². The predicted molar refractivity (Wildman–Crippen MR) is 73.6 cm³/mol. The summed E-state index contributed by atoms with van der Waals surface area (Å²) in [6.07, 6.45) is 0. The third-order valence-corrected chi connectivity index (χ3v) is 4.21. The third kappa shape index (κ3) is 1.23. The minimum Gasteiger partial charge on any atom is -0.388 e. The maximum Gasteiger partial charge on any atom is 0.0374 e. The van der Waals surface area contributed by atoms with Crippen molar-refractivity contribution >= 4 is 37.2 Å². The van der Waals surface area contributed by atoms with Crippen molar-refractivity contribution < 1.29 is 0 Å².